The smallest absolute Gasteiger partial charge is 0.240 e. The van der Waals surface area contributed by atoms with E-state index < -0.39 is 11.9 Å². The van der Waals surface area contributed by atoms with Gasteiger partial charge in [0.1, 0.15) is 5.69 Å². The summed E-state index contributed by atoms with van der Waals surface area (Å²) < 4.78 is 39.5. The maximum atomic E-state index is 12.9. The third-order valence-corrected chi connectivity index (χ3v) is 3.29. The van der Waals surface area contributed by atoms with Crippen LogP contribution in [-0.4, -0.2) is 15.0 Å². The third kappa shape index (κ3) is 2.63. The van der Waals surface area contributed by atoms with Gasteiger partial charge in [0.15, 0.2) is 5.69 Å². The van der Waals surface area contributed by atoms with Crippen LogP contribution in [-0.2, 0) is 19.1 Å². The first-order valence-corrected chi connectivity index (χ1v) is 5.89. The summed E-state index contributed by atoms with van der Waals surface area (Å²) in [4.78, 5) is 0. The number of rotatable bonds is 4. The number of nitriles is 1. The van der Waals surface area contributed by atoms with Gasteiger partial charge in [-0.2, -0.15) is 18.4 Å². The Balaban J connectivity index is 2.15. The average Bonchev–Trinajstić information content (AvgIpc) is 2.59. The molecular formula is C11H13F3N4. The Labute approximate surface area is 102 Å². The quantitative estimate of drug-likeness (QED) is 0.834. The lowest BCUT2D eigenvalue weighted by molar-refractivity contribution is -0.144. The van der Waals surface area contributed by atoms with Gasteiger partial charge >= 0.3 is 6.18 Å². The van der Waals surface area contributed by atoms with Crippen molar-refractivity contribution in [3.05, 3.63) is 11.4 Å². The van der Waals surface area contributed by atoms with Crippen LogP contribution in [0.4, 0.5) is 13.2 Å². The fraction of sp³-hybridized carbons (Fsp3) is 0.727. The third-order valence-electron chi connectivity index (χ3n) is 3.29. The van der Waals surface area contributed by atoms with E-state index in [0.29, 0.717) is 12.3 Å². The summed E-state index contributed by atoms with van der Waals surface area (Å²) in [6, 6.07) is 1.68. The summed E-state index contributed by atoms with van der Waals surface area (Å²) in [6.07, 6.45) is -0.845. The maximum absolute atomic E-state index is 12.9. The summed E-state index contributed by atoms with van der Waals surface area (Å²) in [5, 5.41) is 15.5. The molecule has 0 unspecified atom stereocenters. The van der Waals surface area contributed by atoms with Gasteiger partial charge < -0.3 is 0 Å². The zero-order valence-corrected chi connectivity index (χ0v) is 9.74. The molecular weight excluding hydrogens is 245 g/mol. The van der Waals surface area contributed by atoms with Gasteiger partial charge in [0.2, 0.25) is 0 Å². The van der Waals surface area contributed by atoms with Crippen LogP contribution < -0.4 is 0 Å². The molecule has 0 saturated heterocycles. The molecule has 1 aromatic heterocycles. The fourth-order valence-corrected chi connectivity index (χ4v) is 2.10. The molecule has 0 aliphatic heterocycles. The number of nitrogens with zero attached hydrogens (tertiary/aromatic N) is 4. The molecule has 0 atom stereocenters. The minimum Gasteiger partial charge on any atom is -0.240 e. The second kappa shape index (κ2) is 4.96. The summed E-state index contributed by atoms with van der Waals surface area (Å²) in [5.74, 6) is 0.509. The van der Waals surface area contributed by atoms with Gasteiger partial charge in [-0.05, 0) is 12.3 Å². The molecule has 0 spiro atoms. The van der Waals surface area contributed by atoms with Crippen molar-refractivity contribution in [2.75, 3.05) is 0 Å². The first-order chi connectivity index (χ1) is 8.52. The van der Waals surface area contributed by atoms with E-state index in [1.807, 2.05) is 0 Å². The Morgan fingerprint density at radius 1 is 1.39 bits per heavy atom. The summed E-state index contributed by atoms with van der Waals surface area (Å²) >= 11 is 0. The Morgan fingerprint density at radius 2 is 2.11 bits per heavy atom. The molecule has 0 amide bonds. The fourth-order valence-electron chi connectivity index (χ4n) is 2.10. The van der Waals surface area contributed by atoms with Crippen molar-refractivity contribution in [3.8, 4) is 6.07 Å². The van der Waals surface area contributed by atoms with E-state index in [4.69, 9.17) is 5.26 Å². The van der Waals surface area contributed by atoms with E-state index in [2.05, 4.69) is 10.3 Å². The molecule has 7 heteroatoms. The van der Waals surface area contributed by atoms with Crippen LogP contribution in [0.15, 0.2) is 0 Å². The van der Waals surface area contributed by atoms with Crippen molar-refractivity contribution >= 4 is 0 Å². The van der Waals surface area contributed by atoms with Gasteiger partial charge in [0.05, 0.1) is 12.5 Å². The molecule has 1 aromatic rings. The Hall–Kier alpha value is -1.58. The lowest BCUT2D eigenvalue weighted by Gasteiger charge is -2.25. The van der Waals surface area contributed by atoms with Gasteiger partial charge in [0, 0.05) is 6.54 Å². The van der Waals surface area contributed by atoms with E-state index in [1.54, 1.807) is 6.07 Å². The molecule has 0 N–H and O–H groups in total. The number of aryl methyl sites for hydroxylation is 1. The molecule has 0 radical (unpaired) electrons. The Morgan fingerprint density at radius 3 is 2.61 bits per heavy atom. The van der Waals surface area contributed by atoms with Gasteiger partial charge in [-0.15, -0.1) is 5.10 Å². The summed E-state index contributed by atoms with van der Waals surface area (Å²) in [6.45, 7) is 0.220. The maximum Gasteiger partial charge on any atom is 0.434 e. The number of alkyl halides is 3. The van der Waals surface area contributed by atoms with E-state index in [0.717, 1.165) is 23.9 Å². The van der Waals surface area contributed by atoms with Crippen molar-refractivity contribution in [3.63, 3.8) is 0 Å². The predicted octanol–water partition coefficient (Wildman–Crippen LogP) is 2.55. The van der Waals surface area contributed by atoms with E-state index >= 15 is 0 Å². The molecule has 1 fully saturated rings. The van der Waals surface area contributed by atoms with Crippen LogP contribution in [0.3, 0.4) is 0 Å². The van der Waals surface area contributed by atoms with Gasteiger partial charge in [-0.25, -0.2) is 4.68 Å². The first-order valence-electron chi connectivity index (χ1n) is 5.89. The molecule has 2 rings (SSSR count). The second-order valence-corrected chi connectivity index (χ2v) is 4.53. The number of aromatic nitrogens is 3. The molecule has 1 saturated carbocycles. The van der Waals surface area contributed by atoms with Crippen molar-refractivity contribution in [1.82, 2.24) is 15.0 Å². The van der Waals surface area contributed by atoms with Gasteiger partial charge in [-0.3, -0.25) is 0 Å². The number of hydrogen-bond acceptors (Lipinski definition) is 3. The molecule has 1 aliphatic rings. The summed E-state index contributed by atoms with van der Waals surface area (Å²) in [7, 11) is 0. The SMILES string of the molecule is N#CCc1nnn(CCC2CCC2)c1C(F)(F)F. The molecule has 18 heavy (non-hydrogen) atoms. The lowest BCUT2D eigenvalue weighted by Crippen LogP contribution is -2.20. The van der Waals surface area contributed by atoms with E-state index in [9.17, 15) is 13.2 Å². The van der Waals surface area contributed by atoms with Crippen LogP contribution in [0.2, 0.25) is 0 Å². The molecule has 0 bridgehead atoms. The molecule has 98 valence electrons. The van der Waals surface area contributed by atoms with Crippen LogP contribution in [0.1, 0.15) is 37.1 Å². The number of hydrogen-bond donors (Lipinski definition) is 0. The van der Waals surface area contributed by atoms with Gasteiger partial charge in [-0.1, -0.05) is 24.5 Å². The van der Waals surface area contributed by atoms with E-state index in [1.165, 1.54) is 0 Å². The van der Waals surface area contributed by atoms with Crippen LogP contribution >= 0.6 is 0 Å². The number of halogens is 3. The van der Waals surface area contributed by atoms with Gasteiger partial charge in [0.25, 0.3) is 0 Å². The highest BCUT2D eigenvalue weighted by molar-refractivity contribution is 5.17. The Kier molecular flexibility index (Phi) is 3.55. The standard InChI is InChI=1S/C11H13F3N4/c12-11(13,14)10-9(4-6-15)16-17-18(10)7-5-8-2-1-3-8/h8H,1-5,7H2. The zero-order valence-electron chi connectivity index (χ0n) is 9.74. The highest BCUT2D eigenvalue weighted by Gasteiger charge is 2.39. The topological polar surface area (TPSA) is 54.5 Å². The molecule has 4 nitrogen and oxygen atoms in total. The van der Waals surface area contributed by atoms with Crippen LogP contribution in [0, 0.1) is 17.2 Å². The summed E-state index contributed by atoms with van der Waals surface area (Å²) in [5.41, 5.74) is -1.15. The van der Waals surface area contributed by atoms with E-state index in [-0.39, 0.29) is 18.7 Å². The largest absolute Gasteiger partial charge is 0.434 e. The normalized spacial score (nSPS) is 16.3. The highest BCUT2D eigenvalue weighted by atomic mass is 19.4. The monoisotopic (exact) mass is 258 g/mol. The van der Waals surface area contributed by atoms with Crippen molar-refractivity contribution in [2.24, 2.45) is 5.92 Å². The lowest BCUT2D eigenvalue weighted by atomic mass is 9.83. The average molecular weight is 258 g/mol. The van der Waals surface area contributed by atoms with Crippen molar-refractivity contribution in [2.45, 2.75) is 44.8 Å². The van der Waals surface area contributed by atoms with Crippen molar-refractivity contribution < 1.29 is 13.2 Å². The molecule has 1 heterocycles. The minimum absolute atomic E-state index is 0.220. The zero-order chi connectivity index (χ0) is 13.2. The van der Waals surface area contributed by atoms with Crippen LogP contribution in [0.25, 0.3) is 0 Å². The molecule has 1 aliphatic carbocycles. The Bertz CT molecular complexity index is 454. The molecule has 0 aromatic carbocycles. The first kappa shape index (κ1) is 12.9. The van der Waals surface area contributed by atoms with Crippen LogP contribution in [0.5, 0.6) is 0 Å². The predicted molar refractivity (Wildman–Crippen MR) is 56.3 cm³/mol. The second-order valence-electron chi connectivity index (χ2n) is 4.53. The van der Waals surface area contributed by atoms with Crippen molar-refractivity contribution in [1.29, 1.82) is 5.26 Å². The minimum atomic E-state index is -4.50. The highest BCUT2D eigenvalue weighted by Crippen LogP contribution is 2.33.